The highest BCUT2D eigenvalue weighted by atomic mass is 16.2. The van der Waals surface area contributed by atoms with Gasteiger partial charge >= 0.3 is 0 Å². The predicted molar refractivity (Wildman–Crippen MR) is 60.1 cm³/mol. The van der Waals surface area contributed by atoms with Gasteiger partial charge < -0.3 is 10.6 Å². The van der Waals surface area contributed by atoms with Crippen molar-refractivity contribution in [3.05, 3.63) is 12.2 Å². The number of likely N-dealkylation sites (N-methyl/N-ethyl adjacent to an activating group) is 1. The quantitative estimate of drug-likeness (QED) is 0.506. The SMILES string of the molecule is CCCCCCN(C)C(=O)C=CC(N)=O. The number of carbonyl (C=O) groups excluding carboxylic acids is 2. The average Bonchev–Trinajstić information content (AvgIpc) is 2.20. The van der Waals surface area contributed by atoms with Crippen molar-refractivity contribution in [2.75, 3.05) is 13.6 Å². The first-order valence-corrected chi connectivity index (χ1v) is 5.30. The largest absolute Gasteiger partial charge is 0.366 e. The van der Waals surface area contributed by atoms with E-state index in [4.69, 9.17) is 5.73 Å². The van der Waals surface area contributed by atoms with Gasteiger partial charge in [-0.25, -0.2) is 0 Å². The molecule has 0 aromatic rings. The summed E-state index contributed by atoms with van der Waals surface area (Å²) in [5.74, 6) is -0.770. The summed E-state index contributed by atoms with van der Waals surface area (Å²) in [7, 11) is 1.72. The van der Waals surface area contributed by atoms with E-state index in [-0.39, 0.29) is 5.91 Å². The summed E-state index contributed by atoms with van der Waals surface area (Å²) in [5, 5.41) is 0. The molecule has 0 saturated heterocycles. The standard InChI is InChI=1S/C11H20N2O2/c1-3-4-5-6-9-13(2)11(15)8-7-10(12)14/h7-8H,3-6,9H2,1-2H3,(H2,12,14). The Labute approximate surface area is 91.1 Å². The van der Waals surface area contributed by atoms with E-state index in [2.05, 4.69) is 6.92 Å². The first-order chi connectivity index (χ1) is 7.07. The van der Waals surface area contributed by atoms with Crippen LogP contribution < -0.4 is 5.73 Å². The smallest absolute Gasteiger partial charge is 0.246 e. The Morgan fingerprint density at radius 3 is 2.40 bits per heavy atom. The van der Waals surface area contributed by atoms with Gasteiger partial charge in [0.1, 0.15) is 0 Å². The number of hydrogen-bond acceptors (Lipinski definition) is 2. The van der Waals surface area contributed by atoms with E-state index in [9.17, 15) is 9.59 Å². The van der Waals surface area contributed by atoms with Crippen molar-refractivity contribution in [2.24, 2.45) is 5.73 Å². The summed E-state index contributed by atoms with van der Waals surface area (Å²) < 4.78 is 0. The molecule has 0 aliphatic rings. The third kappa shape index (κ3) is 7.73. The Bertz CT molecular complexity index is 237. The highest BCUT2D eigenvalue weighted by Crippen LogP contribution is 2.00. The van der Waals surface area contributed by atoms with Crippen molar-refractivity contribution in [2.45, 2.75) is 32.6 Å². The van der Waals surface area contributed by atoms with Gasteiger partial charge in [-0.05, 0) is 6.42 Å². The van der Waals surface area contributed by atoms with E-state index in [0.29, 0.717) is 0 Å². The fourth-order valence-corrected chi connectivity index (χ4v) is 1.17. The third-order valence-corrected chi connectivity index (χ3v) is 2.11. The molecule has 4 nitrogen and oxygen atoms in total. The third-order valence-electron chi connectivity index (χ3n) is 2.11. The van der Waals surface area contributed by atoms with Crippen LogP contribution in [-0.2, 0) is 9.59 Å². The Morgan fingerprint density at radius 2 is 1.87 bits per heavy atom. The lowest BCUT2D eigenvalue weighted by molar-refractivity contribution is -0.125. The molecule has 15 heavy (non-hydrogen) atoms. The molecule has 2 amide bonds. The van der Waals surface area contributed by atoms with Crippen LogP contribution in [0.1, 0.15) is 32.6 Å². The van der Waals surface area contributed by atoms with Crippen LogP contribution in [0.2, 0.25) is 0 Å². The lowest BCUT2D eigenvalue weighted by atomic mass is 10.2. The highest BCUT2D eigenvalue weighted by molar-refractivity contribution is 5.95. The fraction of sp³-hybridized carbons (Fsp3) is 0.636. The van der Waals surface area contributed by atoms with Crippen LogP contribution >= 0.6 is 0 Å². The summed E-state index contributed by atoms with van der Waals surface area (Å²) in [6, 6.07) is 0. The maximum absolute atomic E-state index is 11.3. The van der Waals surface area contributed by atoms with E-state index < -0.39 is 5.91 Å². The summed E-state index contributed by atoms with van der Waals surface area (Å²) in [6.45, 7) is 2.87. The van der Waals surface area contributed by atoms with Crippen molar-refractivity contribution < 1.29 is 9.59 Å². The van der Waals surface area contributed by atoms with Crippen molar-refractivity contribution in [3.63, 3.8) is 0 Å². The topological polar surface area (TPSA) is 63.4 Å². The predicted octanol–water partition coefficient (Wildman–Crippen LogP) is 1.07. The van der Waals surface area contributed by atoms with Crippen LogP contribution in [0.5, 0.6) is 0 Å². The van der Waals surface area contributed by atoms with Crippen LogP contribution in [-0.4, -0.2) is 30.3 Å². The number of primary amides is 1. The Hall–Kier alpha value is -1.32. The fourth-order valence-electron chi connectivity index (χ4n) is 1.17. The molecular weight excluding hydrogens is 192 g/mol. The Morgan fingerprint density at radius 1 is 1.20 bits per heavy atom. The molecule has 0 aliphatic heterocycles. The molecule has 0 fully saturated rings. The number of amides is 2. The van der Waals surface area contributed by atoms with Gasteiger partial charge in [0.15, 0.2) is 0 Å². The molecule has 0 aromatic heterocycles. The minimum absolute atomic E-state index is 0.176. The monoisotopic (exact) mass is 212 g/mol. The molecule has 0 bridgehead atoms. The molecule has 0 heterocycles. The zero-order valence-corrected chi connectivity index (χ0v) is 9.53. The molecule has 86 valence electrons. The van der Waals surface area contributed by atoms with Gasteiger partial charge in [-0.15, -0.1) is 0 Å². The second kappa shape index (κ2) is 8.03. The zero-order chi connectivity index (χ0) is 11.7. The second-order valence-corrected chi connectivity index (χ2v) is 3.56. The Balaban J connectivity index is 3.74. The molecule has 0 aliphatic carbocycles. The van der Waals surface area contributed by atoms with Gasteiger partial charge in [-0.1, -0.05) is 26.2 Å². The molecule has 0 rings (SSSR count). The number of unbranched alkanes of at least 4 members (excludes halogenated alkanes) is 3. The van der Waals surface area contributed by atoms with Crippen molar-refractivity contribution in [1.82, 2.24) is 4.90 Å². The Kier molecular flexibility index (Phi) is 7.32. The molecule has 0 aromatic carbocycles. The van der Waals surface area contributed by atoms with Crippen molar-refractivity contribution >= 4 is 11.8 Å². The minimum Gasteiger partial charge on any atom is -0.366 e. The normalized spacial score (nSPS) is 10.5. The summed E-state index contributed by atoms with van der Waals surface area (Å²) >= 11 is 0. The first kappa shape index (κ1) is 13.7. The van der Waals surface area contributed by atoms with Crippen molar-refractivity contribution in [3.8, 4) is 0 Å². The molecule has 0 radical (unpaired) electrons. The lowest BCUT2D eigenvalue weighted by Gasteiger charge is -2.14. The van der Waals surface area contributed by atoms with Gasteiger partial charge in [-0.3, -0.25) is 9.59 Å². The van der Waals surface area contributed by atoms with Crippen LogP contribution in [0.15, 0.2) is 12.2 Å². The van der Waals surface area contributed by atoms with Gasteiger partial charge in [0, 0.05) is 25.7 Å². The molecule has 0 spiro atoms. The number of nitrogens with zero attached hydrogens (tertiary/aromatic N) is 1. The molecule has 2 N–H and O–H groups in total. The maximum atomic E-state index is 11.3. The molecule has 0 unspecified atom stereocenters. The zero-order valence-electron chi connectivity index (χ0n) is 9.53. The van der Waals surface area contributed by atoms with E-state index >= 15 is 0 Å². The molecule has 0 atom stereocenters. The summed E-state index contributed by atoms with van der Waals surface area (Å²) in [6.07, 6.45) is 6.81. The molecular formula is C11H20N2O2. The summed E-state index contributed by atoms with van der Waals surface area (Å²) in [4.78, 5) is 23.3. The maximum Gasteiger partial charge on any atom is 0.246 e. The van der Waals surface area contributed by atoms with Gasteiger partial charge in [-0.2, -0.15) is 0 Å². The second-order valence-electron chi connectivity index (χ2n) is 3.56. The highest BCUT2D eigenvalue weighted by Gasteiger charge is 2.03. The number of hydrogen-bond donors (Lipinski definition) is 1. The average molecular weight is 212 g/mol. The number of nitrogens with two attached hydrogens (primary N) is 1. The molecule has 4 heteroatoms. The van der Waals surface area contributed by atoms with Gasteiger partial charge in [0.2, 0.25) is 11.8 Å². The lowest BCUT2D eigenvalue weighted by Crippen LogP contribution is -2.26. The first-order valence-electron chi connectivity index (χ1n) is 5.30. The van der Waals surface area contributed by atoms with Crippen molar-refractivity contribution in [1.29, 1.82) is 0 Å². The van der Waals surface area contributed by atoms with Crippen LogP contribution in [0.25, 0.3) is 0 Å². The number of carbonyl (C=O) groups is 2. The van der Waals surface area contributed by atoms with Crippen LogP contribution in [0.4, 0.5) is 0 Å². The van der Waals surface area contributed by atoms with E-state index in [0.717, 1.165) is 25.5 Å². The molecule has 0 saturated carbocycles. The van der Waals surface area contributed by atoms with E-state index in [1.54, 1.807) is 11.9 Å². The number of rotatable bonds is 7. The summed E-state index contributed by atoms with van der Waals surface area (Å²) in [5.41, 5.74) is 4.88. The van der Waals surface area contributed by atoms with Crippen LogP contribution in [0.3, 0.4) is 0 Å². The van der Waals surface area contributed by atoms with E-state index in [1.165, 1.54) is 18.9 Å². The minimum atomic E-state index is -0.595. The van der Waals surface area contributed by atoms with E-state index in [1.807, 2.05) is 0 Å². The van der Waals surface area contributed by atoms with Crippen LogP contribution in [0, 0.1) is 0 Å². The van der Waals surface area contributed by atoms with Gasteiger partial charge in [0.25, 0.3) is 0 Å². The van der Waals surface area contributed by atoms with Gasteiger partial charge in [0.05, 0.1) is 0 Å².